The molecule has 2 amide bonds. The van der Waals surface area contributed by atoms with Crippen molar-refractivity contribution in [1.29, 1.82) is 0 Å². The van der Waals surface area contributed by atoms with Gasteiger partial charge in [0.1, 0.15) is 11.2 Å². The van der Waals surface area contributed by atoms with Crippen molar-refractivity contribution >= 4 is 11.8 Å². The van der Waals surface area contributed by atoms with Gasteiger partial charge in [-0.25, -0.2) is 4.98 Å². The monoisotopic (exact) mass is 387 g/mol. The van der Waals surface area contributed by atoms with E-state index in [2.05, 4.69) is 25.5 Å². The minimum Gasteiger partial charge on any atom is -0.376 e. The maximum Gasteiger partial charge on any atom is 0.271 e. The molecule has 3 saturated heterocycles. The number of aromatic nitrogens is 2. The van der Waals surface area contributed by atoms with Crippen LogP contribution in [0.4, 0.5) is 0 Å². The van der Waals surface area contributed by atoms with Gasteiger partial charge in [0, 0.05) is 31.9 Å². The van der Waals surface area contributed by atoms with Crippen molar-refractivity contribution in [3.05, 3.63) is 23.8 Å². The molecule has 2 N–H and O–H groups in total. The van der Waals surface area contributed by atoms with Crippen LogP contribution < -0.4 is 10.6 Å². The van der Waals surface area contributed by atoms with Gasteiger partial charge in [0.05, 0.1) is 18.0 Å². The lowest BCUT2D eigenvalue weighted by Crippen LogP contribution is -2.58. The Morgan fingerprint density at radius 2 is 2.18 bits per heavy atom. The highest BCUT2D eigenvalue weighted by Crippen LogP contribution is 2.38. The molecule has 3 aliphatic rings. The summed E-state index contributed by atoms with van der Waals surface area (Å²) in [6.45, 7) is 4.78. The number of fused-ring (bicyclic) bond motifs is 1. The van der Waals surface area contributed by atoms with E-state index in [9.17, 15) is 9.59 Å². The van der Waals surface area contributed by atoms with Gasteiger partial charge >= 0.3 is 0 Å². The van der Waals surface area contributed by atoms with E-state index in [1.165, 1.54) is 6.20 Å². The van der Waals surface area contributed by atoms with E-state index in [0.717, 1.165) is 50.9 Å². The molecular weight excluding hydrogens is 358 g/mol. The molecule has 0 radical (unpaired) electrons. The normalized spacial score (nSPS) is 30.0. The van der Waals surface area contributed by atoms with Gasteiger partial charge in [-0.3, -0.25) is 19.5 Å². The zero-order valence-corrected chi connectivity index (χ0v) is 16.4. The number of carbonyl (C=O) groups is 2. The Morgan fingerprint density at radius 3 is 2.93 bits per heavy atom. The summed E-state index contributed by atoms with van der Waals surface area (Å²) in [6.07, 6.45) is 8.88. The highest BCUT2D eigenvalue weighted by molar-refractivity contribution is 5.92. The fraction of sp³-hybridized carbons (Fsp3) is 0.700. The maximum atomic E-state index is 13.2. The quantitative estimate of drug-likeness (QED) is 0.776. The van der Waals surface area contributed by atoms with Gasteiger partial charge in [-0.15, -0.1) is 0 Å². The molecule has 4 heterocycles. The van der Waals surface area contributed by atoms with Crippen LogP contribution in [0.25, 0.3) is 0 Å². The number of aryl methyl sites for hydroxylation is 1. The Kier molecular flexibility index (Phi) is 5.59. The van der Waals surface area contributed by atoms with Crippen LogP contribution in [-0.2, 0) is 9.53 Å². The molecule has 3 aliphatic heterocycles. The van der Waals surface area contributed by atoms with Crippen LogP contribution in [0.1, 0.15) is 54.7 Å². The number of hydrogen-bond donors (Lipinski definition) is 2. The van der Waals surface area contributed by atoms with Crippen LogP contribution in [0.3, 0.4) is 0 Å². The third kappa shape index (κ3) is 3.89. The van der Waals surface area contributed by atoms with Crippen LogP contribution in [0.15, 0.2) is 12.4 Å². The van der Waals surface area contributed by atoms with Gasteiger partial charge in [0.2, 0.25) is 5.91 Å². The zero-order chi connectivity index (χ0) is 19.6. The fourth-order valence-corrected chi connectivity index (χ4v) is 4.72. The van der Waals surface area contributed by atoms with Gasteiger partial charge in [-0.05, 0) is 52.0 Å². The van der Waals surface area contributed by atoms with Gasteiger partial charge in [-0.2, -0.15) is 0 Å². The second-order valence-electron chi connectivity index (χ2n) is 8.20. The summed E-state index contributed by atoms with van der Waals surface area (Å²) in [5.41, 5.74) is 0.567. The summed E-state index contributed by atoms with van der Waals surface area (Å²) in [7, 11) is 0. The molecule has 152 valence electrons. The molecular formula is C20H29N5O3. The second-order valence-corrected chi connectivity index (χ2v) is 8.20. The lowest BCUT2D eigenvalue weighted by Gasteiger charge is -2.40. The van der Waals surface area contributed by atoms with Gasteiger partial charge in [-0.1, -0.05) is 0 Å². The predicted molar refractivity (Wildman–Crippen MR) is 103 cm³/mol. The lowest BCUT2D eigenvalue weighted by molar-refractivity contribution is -0.134. The Morgan fingerprint density at radius 1 is 1.29 bits per heavy atom. The standard InChI is InChI=1S/C20H29N5O3/c1-14-10-22-17(12-21-14)18(26)24-15-9-20(6-2-3-7-25(20)13-15)19(27)23-11-16-5-4-8-28-16/h10,12,15-16H,2-9,11,13H2,1H3,(H,23,27)(H,24,26)/t15-,16-,20-/m0/s1. The minimum atomic E-state index is -0.520. The first-order valence-electron chi connectivity index (χ1n) is 10.3. The summed E-state index contributed by atoms with van der Waals surface area (Å²) in [4.78, 5) is 36.2. The Labute approximate surface area is 165 Å². The fourth-order valence-electron chi connectivity index (χ4n) is 4.72. The molecule has 0 aromatic carbocycles. The predicted octanol–water partition coefficient (Wildman–Crippen LogP) is 0.807. The van der Waals surface area contributed by atoms with Crippen molar-refractivity contribution in [2.45, 2.75) is 63.1 Å². The third-order valence-corrected chi connectivity index (χ3v) is 6.18. The summed E-state index contributed by atoms with van der Waals surface area (Å²) in [6, 6.07) is -0.0674. The molecule has 0 aliphatic carbocycles. The maximum absolute atomic E-state index is 13.2. The average Bonchev–Trinajstić information content (AvgIpc) is 3.34. The van der Waals surface area contributed by atoms with Crippen LogP contribution in [0, 0.1) is 6.92 Å². The van der Waals surface area contributed by atoms with Gasteiger partial charge in [0.25, 0.3) is 5.91 Å². The molecule has 1 aromatic heterocycles. The van der Waals surface area contributed by atoms with Crippen molar-refractivity contribution in [3.63, 3.8) is 0 Å². The number of piperidine rings is 1. The lowest BCUT2D eigenvalue weighted by atomic mass is 9.84. The van der Waals surface area contributed by atoms with Crippen LogP contribution in [0.2, 0.25) is 0 Å². The van der Waals surface area contributed by atoms with E-state index in [-0.39, 0.29) is 24.0 Å². The van der Waals surface area contributed by atoms with E-state index in [0.29, 0.717) is 25.2 Å². The van der Waals surface area contributed by atoms with Crippen LogP contribution >= 0.6 is 0 Å². The smallest absolute Gasteiger partial charge is 0.271 e. The second kappa shape index (κ2) is 8.13. The molecule has 8 nitrogen and oxygen atoms in total. The van der Waals surface area contributed by atoms with Crippen LogP contribution in [0.5, 0.6) is 0 Å². The summed E-state index contributed by atoms with van der Waals surface area (Å²) >= 11 is 0. The van der Waals surface area contributed by atoms with Crippen molar-refractivity contribution in [2.75, 3.05) is 26.2 Å². The summed E-state index contributed by atoms with van der Waals surface area (Å²) in [5.74, 6) is -0.151. The van der Waals surface area contributed by atoms with E-state index >= 15 is 0 Å². The van der Waals surface area contributed by atoms with Crippen molar-refractivity contribution in [2.24, 2.45) is 0 Å². The number of carbonyl (C=O) groups excluding carboxylic acids is 2. The molecule has 0 bridgehead atoms. The molecule has 0 unspecified atom stereocenters. The van der Waals surface area contributed by atoms with E-state index < -0.39 is 5.54 Å². The van der Waals surface area contributed by atoms with Crippen LogP contribution in [-0.4, -0.2) is 70.6 Å². The first kappa shape index (κ1) is 19.3. The first-order valence-corrected chi connectivity index (χ1v) is 10.3. The third-order valence-electron chi connectivity index (χ3n) is 6.18. The topological polar surface area (TPSA) is 96.5 Å². The average molecular weight is 387 g/mol. The largest absolute Gasteiger partial charge is 0.376 e. The molecule has 4 rings (SSSR count). The number of ether oxygens (including phenoxy) is 1. The summed E-state index contributed by atoms with van der Waals surface area (Å²) in [5, 5.41) is 6.19. The number of nitrogens with zero attached hydrogens (tertiary/aromatic N) is 3. The molecule has 3 atom stereocenters. The molecule has 0 spiro atoms. The van der Waals surface area contributed by atoms with E-state index in [4.69, 9.17) is 4.74 Å². The number of amides is 2. The van der Waals surface area contributed by atoms with E-state index in [1.54, 1.807) is 6.20 Å². The van der Waals surface area contributed by atoms with Gasteiger partial charge in [0.15, 0.2) is 0 Å². The molecule has 28 heavy (non-hydrogen) atoms. The van der Waals surface area contributed by atoms with Gasteiger partial charge < -0.3 is 15.4 Å². The number of rotatable bonds is 5. The Balaban J connectivity index is 1.40. The molecule has 1 aromatic rings. The first-order chi connectivity index (χ1) is 13.6. The SMILES string of the molecule is Cc1cnc(C(=O)N[C@@H]2CN3CCCC[C@@]3(C(=O)NC[C@@H]3CCCO3)C2)cn1. The van der Waals surface area contributed by atoms with Crippen molar-refractivity contribution in [3.8, 4) is 0 Å². The van der Waals surface area contributed by atoms with E-state index in [1.807, 2.05) is 6.92 Å². The number of nitrogens with one attached hydrogen (secondary N) is 2. The Hall–Kier alpha value is -2.06. The molecule has 3 fully saturated rings. The highest BCUT2D eigenvalue weighted by atomic mass is 16.5. The summed E-state index contributed by atoms with van der Waals surface area (Å²) < 4.78 is 5.63. The number of hydrogen-bond acceptors (Lipinski definition) is 6. The minimum absolute atomic E-state index is 0.0674. The van der Waals surface area contributed by atoms with Crippen molar-refractivity contribution in [1.82, 2.24) is 25.5 Å². The molecule has 0 saturated carbocycles. The zero-order valence-electron chi connectivity index (χ0n) is 16.4. The highest BCUT2D eigenvalue weighted by Gasteiger charge is 2.52. The Bertz CT molecular complexity index is 719. The van der Waals surface area contributed by atoms with Crippen molar-refractivity contribution < 1.29 is 14.3 Å². The molecule has 8 heteroatoms.